The van der Waals surface area contributed by atoms with Crippen LogP contribution in [0, 0.1) is 0 Å². The summed E-state index contributed by atoms with van der Waals surface area (Å²) in [6, 6.07) is 4.18. The zero-order chi connectivity index (χ0) is 13.8. The van der Waals surface area contributed by atoms with Crippen LogP contribution in [0.15, 0.2) is 24.3 Å². The molecule has 18 heavy (non-hydrogen) atoms. The van der Waals surface area contributed by atoms with Gasteiger partial charge in [-0.05, 0) is 24.1 Å². The highest BCUT2D eigenvalue weighted by molar-refractivity contribution is 5.69. The summed E-state index contributed by atoms with van der Waals surface area (Å²) in [5, 5.41) is 0. The molecule has 0 aliphatic heterocycles. The van der Waals surface area contributed by atoms with Gasteiger partial charge in [0, 0.05) is 12.5 Å². The molecule has 0 radical (unpaired) electrons. The fourth-order valence-corrected chi connectivity index (χ4v) is 1.49. The molecule has 0 aromatic heterocycles. The quantitative estimate of drug-likeness (QED) is 0.848. The summed E-state index contributed by atoms with van der Waals surface area (Å²) in [6.45, 7) is 0. The van der Waals surface area contributed by atoms with Crippen LogP contribution in [-0.4, -0.2) is 13.1 Å². The predicted octanol–water partition coefficient (Wildman–Crippen LogP) is 2.66. The van der Waals surface area contributed by atoms with Gasteiger partial charge in [0.05, 0.1) is 12.7 Å². The molecular weight excluding hydrogens is 247 g/mol. The van der Waals surface area contributed by atoms with Gasteiger partial charge < -0.3 is 10.5 Å². The van der Waals surface area contributed by atoms with Crippen molar-refractivity contribution in [3.05, 3.63) is 35.4 Å². The van der Waals surface area contributed by atoms with Crippen LogP contribution >= 0.6 is 0 Å². The SMILES string of the molecule is COC(=O)CCC(N)c1cccc(C(F)(F)F)c1. The van der Waals surface area contributed by atoms with Gasteiger partial charge in [0.25, 0.3) is 0 Å². The van der Waals surface area contributed by atoms with E-state index in [1.807, 2.05) is 0 Å². The molecule has 6 heteroatoms. The minimum absolute atomic E-state index is 0.0773. The van der Waals surface area contributed by atoms with Crippen molar-refractivity contribution in [2.75, 3.05) is 7.11 Å². The number of rotatable bonds is 4. The Morgan fingerprint density at radius 3 is 2.67 bits per heavy atom. The van der Waals surface area contributed by atoms with Crippen molar-refractivity contribution in [2.45, 2.75) is 25.1 Å². The number of methoxy groups -OCH3 is 1. The lowest BCUT2D eigenvalue weighted by atomic mass is 10.0. The number of alkyl halides is 3. The summed E-state index contributed by atoms with van der Waals surface area (Å²) in [5.41, 5.74) is 5.35. The third kappa shape index (κ3) is 4.03. The highest BCUT2D eigenvalue weighted by Crippen LogP contribution is 2.31. The Balaban J connectivity index is 2.74. The highest BCUT2D eigenvalue weighted by atomic mass is 19.4. The number of ether oxygens (including phenoxy) is 1. The lowest BCUT2D eigenvalue weighted by Crippen LogP contribution is -2.14. The highest BCUT2D eigenvalue weighted by Gasteiger charge is 2.30. The average Bonchev–Trinajstić information content (AvgIpc) is 2.34. The topological polar surface area (TPSA) is 52.3 Å². The van der Waals surface area contributed by atoms with E-state index in [0.717, 1.165) is 12.1 Å². The largest absolute Gasteiger partial charge is 0.469 e. The molecular formula is C12H14F3NO2. The van der Waals surface area contributed by atoms with E-state index >= 15 is 0 Å². The van der Waals surface area contributed by atoms with Gasteiger partial charge in [-0.25, -0.2) is 0 Å². The first-order chi connectivity index (χ1) is 8.34. The third-order valence-electron chi connectivity index (χ3n) is 2.53. The van der Waals surface area contributed by atoms with E-state index in [1.165, 1.54) is 19.2 Å². The summed E-state index contributed by atoms with van der Waals surface area (Å²) < 4.78 is 41.9. The molecule has 1 aromatic rings. The Kier molecular flexibility index (Phi) is 4.72. The van der Waals surface area contributed by atoms with Crippen LogP contribution in [0.4, 0.5) is 13.2 Å². The van der Waals surface area contributed by atoms with Crippen LogP contribution in [-0.2, 0) is 15.7 Å². The van der Waals surface area contributed by atoms with E-state index in [1.54, 1.807) is 0 Å². The molecule has 0 saturated heterocycles. The first-order valence-corrected chi connectivity index (χ1v) is 5.34. The lowest BCUT2D eigenvalue weighted by Gasteiger charge is -2.14. The van der Waals surface area contributed by atoms with Crippen LogP contribution in [0.3, 0.4) is 0 Å². The Morgan fingerprint density at radius 2 is 2.11 bits per heavy atom. The van der Waals surface area contributed by atoms with Crippen LogP contribution in [0.5, 0.6) is 0 Å². The summed E-state index contributed by atoms with van der Waals surface area (Å²) in [6.07, 6.45) is -4.07. The molecule has 1 atom stereocenters. The van der Waals surface area contributed by atoms with Gasteiger partial charge in [-0.3, -0.25) is 4.79 Å². The first-order valence-electron chi connectivity index (χ1n) is 5.34. The predicted molar refractivity (Wildman–Crippen MR) is 59.6 cm³/mol. The number of carbonyl (C=O) groups is 1. The van der Waals surface area contributed by atoms with E-state index in [4.69, 9.17) is 5.73 Å². The molecule has 2 N–H and O–H groups in total. The van der Waals surface area contributed by atoms with Crippen LogP contribution in [0.1, 0.15) is 30.0 Å². The fraction of sp³-hybridized carbons (Fsp3) is 0.417. The Morgan fingerprint density at radius 1 is 1.44 bits per heavy atom. The Bertz CT molecular complexity index is 418. The number of carbonyl (C=O) groups excluding carboxylic acids is 1. The minimum atomic E-state index is -4.39. The van der Waals surface area contributed by atoms with Gasteiger partial charge in [-0.15, -0.1) is 0 Å². The second kappa shape index (κ2) is 5.86. The number of esters is 1. The minimum Gasteiger partial charge on any atom is -0.469 e. The van der Waals surface area contributed by atoms with Gasteiger partial charge in [0.15, 0.2) is 0 Å². The maximum absolute atomic E-state index is 12.5. The molecule has 1 aromatic carbocycles. The molecule has 0 aliphatic carbocycles. The maximum atomic E-state index is 12.5. The molecule has 0 spiro atoms. The van der Waals surface area contributed by atoms with Crippen molar-refractivity contribution in [3.8, 4) is 0 Å². The maximum Gasteiger partial charge on any atom is 0.416 e. The third-order valence-corrected chi connectivity index (χ3v) is 2.53. The molecule has 1 rings (SSSR count). The second-order valence-corrected chi connectivity index (χ2v) is 3.84. The van der Waals surface area contributed by atoms with Gasteiger partial charge in [0.1, 0.15) is 0 Å². The molecule has 0 fully saturated rings. The number of halogens is 3. The first kappa shape index (κ1) is 14.5. The van der Waals surface area contributed by atoms with Crippen LogP contribution in [0.25, 0.3) is 0 Å². The van der Waals surface area contributed by atoms with Gasteiger partial charge in [-0.2, -0.15) is 13.2 Å². The molecule has 0 saturated carbocycles. The summed E-state index contributed by atoms with van der Waals surface area (Å²) in [7, 11) is 1.25. The van der Waals surface area contributed by atoms with Crippen molar-refractivity contribution in [1.82, 2.24) is 0 Å². The van der Waals surface area contributed by atoms with Crippen molar-refractivity contribution in [1.29, 1.82) is 0 Å². The number of hydrogen-bond donors (Lipinski definition) is 1. The summed E-state index contributed by atoms with van der Waals surface area (Å²) >= 11 is 0. The van der Waals surface area contributed by atoms with E-state index in [2.05, 4.69) is 4.74 Å². The normalized spacial score (nSPS) is 13.2. The Hall–Kier alpha value is -1.56. The molecule has 0 heterocycles. The second-order valence-electron chi connectivity index (χ2n) is 3.84. The van der Waals surface area contributed by atoms with Crippen LogP contribution in [0.2, 0.25) is 0 Å². The van der Waals surface area contributed by atoms with Crippen molar-refractivity contribution in [2.24, 2.45) is 5.73 Å². The number of hydrogen-bond acceptors (Lipinski definition) is 3. The standard InChI is InChI=1S/C12H14F3NO2/c1-18-11(17)6-5-10(16)8-3-2-4-9(7-8)12(13,14)15/h2-4,7,10H,5-6,16H2,1H3. The van der Waals surface area contributed by atoms with E-state index in [-0.39, 0.29) is 12.8 Å². The monoisotopic (exact) mass is 261 g/mol. The smallest absolute Gasteiger partial charge is 0.416 e. The summed E-state index contributed by atoms with van der Waals surface area (Å²) in [4.78, 5) is 10.9. The van der Waals surface area contributed by atoms with Crippen LogP contribution < -0.4 is 5.73 Å². The average molecular weight is 261 g/mol. The molecule has 3 nitrogen and oxygen atoms in total. The van der Waals surface area contributed by atoms with Gasteiger partial charge in [-0.1, -0.05) is 12.1 Å². The molecule has 1 unspecified atom stereocenters. The summed E-state index contributed by atoms with van der Waals surface area (Å²) in [5.74, 6) is -0.433. The fourth-order valence-electron chi connectivity index (χ4n) is 1.49. The zero-order valence-electron chi connectivity index (χ0n) is 9.83. The zero-order valence-corrected chi connectivity index (χ0v) is 9.83. The van der Waals surface area contributed by atoms with Crippen molar-refractivity contribution >= 4 is 5.97 Å². The van der Waals surface area contributed by atoms with Gasteiger partial charge in [0.2, 0.25) is 0 Å². The van der Waals surface area contributed by atoms with E-state index in [0.29, 0.717) is 5.56 Å². The van der Waals surface area contributed by atoms with E-state index < -0.39 is 23.8 Å². The van der Waals surface area contributed by atoms with E-state index in [9.17, 15) is 18.0 Å². The Labute approximate surface area is 103 Å². The molecule has 0 aliphatic rings. The van der Waals surface area contributed by atoms with Crippen molar-refractivity contribution < 1.29 is 22.7 Å². The van der Waals surface area contributed by atoms with Gasteiger partial charge >= 0.3 is 12.1 Å². The van der Waals surface area contributed by atoms with Crippen molar-refractivity contribution in [3.63, 3.8) is 0 Å². The number of benzene rings is 1. The molecule has 0 amide bonds. The molecule has 100 valence electrons. The molecule has 0 bridgehead atoms. The lowest BCUT2D eigenvalue weighted by molar-refractivity contribution is -0.141. The number of nitrogens with two attached hydrogens (primary N) is 1.